The maximum atomic E-state index is 12.5. The van der Waals surface area contributed by atoms with Crippen LogP contribution in [0.4, 0.5) is 5.69 Å². The first-order valence-electron chi connectivity index (χ1n) is 8.65. The van der Waals surface area contributed by atoms with Crippen molar-refractivity contribution in [2.24, 2.45) is 5.92 Å². The molecule has 0 saturated carbocycles. The van der Waals surface area contributed by atoms with E-state index in [0.29, 0.717) is 13.1 Å². The highest BCUT2D eigenvalue weighted by molar-refractivity contribution is 6.00. The van der Waals surface area contributed by atoms with Crippen molar-refractivity contribution in [2.45, 2.75) is 33.7 Å². The van der Waals surface area contributed by atoms with Crippen LogP contribution >= 0.6 is 0 Å². The Kier molecular flexibility index (Phi) is 4.88. The normalized spacial score (nSPS) is 17.0. The molecule has 0 unspecified atom stereocenters. The Morgan fingerprint density at radius 3 is 2.56 bits per heavy atom. The van der Waals surface area contributed by atoms with Gasteiger partial charge in [0, 0.05) is 25.2 Å². The molecule has 0 aliphatic carbocycles. The number of hydrogen-bond donors (Lipinski definition) is 1. The predicted octanol–water partition coefficient (Wildman–Crippen LogP) is 3.28. The monoisotopic (exact) mass is 336 g/mol. The molecule has 0 spiro atoms. The average molecular weight is 336 g/mol. The summed E-state index contributed by atoms with van der Waals surface area (Å²) in [5, 5.41) is 2.98. The van der Waals surface area contributed by atoms with Crippen molar-refractivity contribution in [1.82, 2.24) is 5.32 Å². The largest absolute Gasteiger partial charge is 0.352 e. The van der Waals surface area contributed by atoms with Crippen LogP contribution in [0.3, 0.4) is 0 Å². The van der Waals surface area contributed by atoms with Crippen LogP contribution < -0.4 is 10.2 Å². The minimum Gasteiger partial charge on any atom is -0.352 e. The van der Waals surface area contributed by atoms with Crippen molar-refractivity contribution >= 4 is 17.5 Å². The number of nitrogens with zero attached hydrogens (tertiary/aromatic N) is 1. The molecule has 4 nitrogen and oxygen atoms in total. The second-order valence-electron chi connectivity index (χ2n) is 6.82. The van der Waals surface area contributed by atoms with E-state index in [2.05, 4.69) is 5.32 Å². The summed E-state index contributed by atoms with van der Waals surface area (Å²) in [4.78, 5) is 26.6. The fourth-order valence-corrected chi connectivity index (χ4v) is 3.16. The van der Waals surface area contributed by atoms with Gasteiger partial charge in [0.05, 0.1) is 5.92 Å². The van der Waals surface area contributed by atoms with E-state index in [4.69, 9.17) is 0 Å². The van der Waals surface area contributed by atoms with Gasteiger partial charge in [-0.15, -0.1) is 0 Å². The fraction of sp³-hybridized carbons (Fsp3) is 0.333. The quantitative estimate of drug-likeness (QED) is 0.931. The summed E-state index contributed by atoms with van der Waals surface area (Å²) < 4.78 is 0. The van der Waals surface area contributed by atoms with E-state index in [0.717, 1.165) is 22.4 Å². The van der Waals surface area contributed by atoms with E-state index in [1.54, 1.807) is 4.90 Å². The average Bonchev–Trinajstić information content (AvgIpc) is 2.98. The lowest BCUT2D eigenvalue weighted by molar-refractivity contribution is -0.126. The van der Waals surface area contributed by atoms with Gasteiger partial charge in [-0.25, -0.2) is 0 Å². The minimum atomic E-state index is -0.293. The maximum absolute atomic E-state index is 12.5. The van der Waals surface area contributed by atoms with Crippen molar-refractivity contribution in [2.75, 3.05) is 11.4 Å². The fourth-order valence-electron chi connectivity index (χ4n) is 3.16. The molecule has 0 aromatic heterocycles. The molecule has 1 aliphatic rings. The Labute approximate surface area is 148 Å². The third-order valence-electron chi connectivity index (χ3n) is 5.01. The molecule has 25 heavy (non-hydrogen) atoms. The molecule has 2 aromatic carbocycles. The molecule has 1 aliphatic heterocycles. The van der Waals surface area contributed by atoms with Crippen molar-refractivity contribution in [3.63, 3.8) is 0 Å². The second-order valence-corrected chi connectivity index (χ2v) is 6.82. The van der Waals surface area contributed by atoms with Crippen LogP contribution in [0.25, 0.3) is 0 Å². The van der Waals surface area contributed by atoms with Crippen LogP contribution in [0, 0.1) is 26.7 Å². The van der Waals surface area contributed by atoms with Crippen molar-refractivity contribution < 1.29 is 9.59 Å². The molecular weight excluding hydrogens is 312 g/mol. The lowest BCUT2D eigenvalue weighted by Gasteiger charge is -2.18. The summed E-state index contributed by atoms with van der Waals surface area (Å²) in [5.41, 5.74) is 5.48. The van der Waals surface area contributed by atoms with Crippen molar-refractivity contribution in [3.05, 3.63) is 64.7 Å². The number of aryl methyl sites for hydroxylation is 3. The summed E-state index contributed by atoms with van der Waals surface area (Å²) in [5.74, 6) is -0.333. The Morgan fingerprint density at radius 1 is 1.08 bits per heavy atom. The zero-order valence-corrected chi connectivity index (χ0v) is 15.0. The molecule has 1 N–H and O–H groups in total. The van der Waals surface area contributed by atoms with Crippen LogP contribution in [0.1, 0.15) is 28.7 Å². The van der Waals surface area contributed by atoms with Gasteiger partial charge in [-0.2, -0.15) is 0 Å². The lowest BCUT2D eigenvalue weighted by atomic mass is 10.1. The molecule has 1 heterocycles. The summed E-state index contributed by atoms with van der Waals surface area (Å²) in [6.07, 6.45) is 0.270. The lowest BCUT2D eigenvalue weighted by Crippen LogP contribution is -2.32. The highest BCUT2D eigenvalue weighted by Crippen LogP contribution is 2.27. The van der Waals surface area contributed by atoms with E-state index in [1.807, 2.05) is 63.2 Å². The van der Waals surface area contributed by atoms with Crippen LogP contribution in [0.5, 0.6) is 0 Å². The van der Waals surface area contributed by atoms with E-state index in [9.17, 15) is 9.59 Å². The Morgan fingerprint density at radius 2 is 1.84 bits per heavy atom. The summed E-state index contributed by atoms with van der Waals surface area (Å²) >= 11 is 0. The molecular formula is C21H24N2O2. The SMILES string of the molecule is Cc1ccc(N2C[C@H](C(=O)NCc3ccccc3C)CC2=O)cc1C. The molecule has 130 valence electrons. The zero-order valence-electron chi connectivity index (χ0n) is 15.0. The standard InChI is InChI=1S/C21H24N2O2/c1-14-8-9-19(10-16(14)3)23-13-18(11-20(23)24)21(25)22-12-17-7-5-4-6-15(17)2/h4-10,18H,11-13H2,1-3H3,(H,22,25)/t18-/m1/s1. The van der Waals surface area contributed by atoms with E-state index >= 15 is 0 Å². The number of anilines is 1. The van der Waals surface area contributed by atoms with Crippen molar-refractivity contribution in [1.29, 1.82) is 0 Å². The first kappa shape index (κ1) is 17.2. The highest BCUT2D eigenvalue weighted by atomic mass is 16.2. The van der Waals surface area contributed by atoms with E-state index in [-0.39, 0.29) is 24.2 Å². The molecule has 1 fully saturated rings. The molecule has 1 atom stereocenters. The van der Waals surface area contributed by atoms with Crippen LogP contribution in [0.2, 0.25) is 0 Å². The van der Waals surface area contributed by atoms with Gasteiger partial charge in [0.15, 0.2) is 0 Å². The first-order chi connectivity index (χ1) is 12.0. The summed E-state index contributed by atoms with van der Waals surface area (Å²) in [6.45, 7) is 7.06. The Hall–Kier alpha value is -2.62. The number of nitrogens with one attached hydrogen (secondary N) is 1. The molecule has 4 heteroatoms. The number of hydrogen-bond acceptors (Lipinski definition) is 2. The van der Waals surface area contributed by atoms with Crippen LogP contribution in [-0.4, -0.2) is 18.4 Å². The molecule has 2 aromatic rings. The topological polar surface area (TPSA) is 49.4 Å². The molecule has 0 bridgehead atoms. The minimum absolute atomic E-state index is 0.0132. The van der Waals surface area contributed by atoms with Gasteiger partial charge in [0.1, 0.15) is 0 Å². The summed E-state index contributed by atoms with van der Waals surface area (Å²) in [7, 11) is 0. The number of benzene rings is 2. The Bertz CT molecular complexity index is 813. The van der Waals surface area contributed by atoms with Gasteiger partial charge >= 0.3 is 0 Å². The molecule has 1 saturated heterocycles. The van der Waals surface area contributed by atoms with Gasteiger partial charge in [-0.3, -0.25) is 9.59 Å². The highest BCUT2D eigenvalue weighted by Gasteiger charge is 2.35. The number of carbonyl (C=O) groups excluding carboxylic acids is 2. The van der Waals surface area contributed by atoms with Crippen LogP contribution in [0.15, 0.2) is 42.5 Å². The second kappa shape index (κ2) is 7.09. The molecule has 2 amide bonds. The number of amides is 2. The van der Waals surface area contributed by atoms with Crippen molar-refractivity contribution in [3.8, 4) is 0 Å². The first-order valence-corrected chi connectivity index (χ1v) is 8.65. The maximum Gasteiger partial charge on any atom is 0.227 e. The van der Waals surface area contributed by atoms with Gasteiger partial charge in [0.2, 0.25) is 11.8 Å². The van der Waals surface area contributed by atoms with Gasteiger partial charge < -0.3 is 10.2 Å². The third kappa shape index (κ3) is 3.73. The predicted molar refractivity (Wildman–Crippen MR) is 99.4 cm³/mol. The Balaban J connectivity index is 1.64. The number of carbonyl (C=O) groups is 2. The van der Waals surface area contributed by atoms with E-state index in [1.165, 1.54) is 5.56 Å². The third-order valence-corrected chi connectivity index (χ3v) is 5.01. The molecule has 3 rings (SSSR count). The summed E-state index contributed by atoms with van der Waals surface area (Å²) in [6, 6.07) is 14.0. The zero-order chi connectivity index (χ0) is 18.0. The van der Waals surface area contributed by atoms with Crippen LogP contribution in [-0.2, 0) is 16.1 Å². The van der Waals surface area contributed by atoms with E-state index < -0.39 is 0 Å². The van der Waals surface area contributed by atoms with Gasteiger partial charge in [-0.05, 0) is 55.2 Å². The van der Waals surface area contributed by atoms with Gasteiger partial charge in [-0.1, -0.05) is 30.3 Å². The smallest absolute Gasteiger partial charge is 0.227 e. The number of rotatable bonds is 4. The molecule has 0 radical (unpaired) electrons. The van der Waals surface area contributed by atoms with Gasteiger partial charge in [0.25, 0.3) is 0 Å².